The Labute approximate surface area is 141 Å². The fourth-order valence-corrected chi connectivity index (χ4v) is 3.33. The van der Waals surface area contributed by atoms with Crippen molar-refractivity contribution >= 4 is 33.0 Å². The summed E-state index contributed by atoms with van der Waals surface area (Å²) in [5, 5.41) is 4.37. The van der Waals surface area contributed by atoms with Crippen LogP contribution in [0.25, 0.3) is 5.65 Å². The fraction of sp³-hybridized carbons (Fsp3) is 0.250. The Kier molecular flexibility index (Phi) is 3.37. The van der Waals surface area contributed by atoms with Gasteiger partial charge in [-0.3, -0.25) is 9.78 Å². The van der Waals surface area contributed by atoms with E-state index in [0.29, 0.717) is 11.3 Å². The normalized spacial score (nSPS) is 17.3. The minimum atomic E-state index is -0.222. The molecule has 1 atom stereocenters. The number of hydrogen-bond acceptors (Lipinski definition) is 5. The number of carbonyl (C=O) groups is 1. The highest BCUT2D eigenvalue weighted by Gasteiger charge is 2.31. The molecule has 4 heterocycles. The van der Waals surface area contributed by atoms with Crippen molar-refractivity contribution in [2.45, 2.75) is 18.9 Å². The second-order valence-electron chi connectivity index (χ2n) is 5.60. The number of rotatable bonds is 2. The molecule has 0 aromatic carbocycles. The van der Waals surface area contributed by atoms with Crippen LogP contribution >= 0.6 is 15.9 Å². The van der Waals surface area contributed by atoms with E-state index >= 15 is 0 Å². The molecule has 0 spiro atoms. The molecule has 0 N–H and O–H groups in total. The van der Waals surface area contributed by atoms with Gasteiger partial charge in [0.05, 0.1) is 21.9 Å². The summed E-state index contributed by atoms with van der Waals surface area (Å²) in [5.74, 6) is 0.0172. The number of anilines is 1. The number of Topliss-reactive ketones (excluding diaryl/α,β-unsaturated/α-hetero) is 1. The summed E-state index contributed by atoms with van der Waals surface area (Å²) >= 11 is 3.36. The third-order valence-corrected chi connectivity index (χ3v) is 4.61. The SMILES string of the molecule is CN1c2cccnc2CCC1C(=O)c1cc2ncc(Br)cn2n1. The summed E-state index contributed by atoms with van der Waals surface area (Å²) < 4.78 is 2.44. The largest absolute Gasteiger partial charge is 0.363 e. The number of hydrogen-bond donors (Lipinski definition) is 0. The van der Waals surface area contributed by atoms with Crippen molar-refractivity contribution in [1.82, 2.24) is 19.6 Å². The van der Waals surface area contributed by atoms with E-state index in [1.807, 2.05) is 24.1 Å². The Balaban J connectivity index is 1.68. The molecule has 1 aliphatic rings. The lowest BCUT2D eigenvalue weighted by Gasteiger charge is -2.33. The number of likely N-dealkylation sites (N-methyl/N-ethyl adjacent to an activating group) is 1. The van der Waals surface area contributed by atoms with E-state index in [2.05, 4.69) is 31.0 Å². The molecule has 116 valence electrons. The molecule has 7 heteroatoms. The van der Waals surface area contributed by atoms with Gasteiger partial charge in [0.15, 0.2) is 5.65 Å². The zero-order valence-corrected chi connectivity index (χ0v) is 14.1. The van der Waals surface area contributed by atoms with Gasteiger partial charge in [0.2, 0.25) is 5.78 Å². The molecular weight excluding hydrogens is 358 g/mol. The molecule has 1 unspecified atom stereocenters. The van der Waals surface area contributed by atoms with Crippen molar-refractivity contribution in [1.29, 1.82) is 0 Å². The lowest BCUT2D eigenvalue weighted by atomic mass is 9.96. The third-order valence-electron chi connectivity index (χ3n) is 4.21. The standard InChI is InChI=1S/C16H14BrN5O/c1-21-13-3-2-6-18-11(13)4-5-14(21)16(23)12-7-15-19-8-10(17)9-22(15)20-12/h2-3,6-9,14H,4-5H2,1H3. The van der Waals surface area contributed by atoms with Crippen LogP contribution in [0, 0.1) is 0 Å². The molecule has 0 fully saturated rings. The van der Waals surface area contributed by atoms with Crippen LogP contribution in [0.5, 0.6) is 0 Å². The van der Waals surface area contributed by atoms with Crippen molar-refractivity contribution in [3.05, 3.63) is 52.7 Å². The average Bonchev–Trinajstić information content (AvgIpc) is 2.98. The number of aromatic nitrogens is 4. The first-order valence-corrected chi connectivity index (χ1v) is 8.14. The van der Waals surface area contributed by atoms with Crippen molar-refractivity contribution in [2.75, 3.05) is 11.9 Å². The lowest BCUT2D eigenvalue weighted by molar-refractivity contribution is 0.0947. The smallest absolute Gasteiger partial charge is 0.205 e. The highest BCUT2D eigenvalue weighted by atomic mass is 79.9. The van der Waals surface area contributed by atoms with Gasteiger partial charge in [-0.2, -0.15) is 5.10 Å². The van der Waals surface area contributed by atoms with E-state index in [-0.39, 0.29) is 11.8 Å². The fourth-order valence-electron chi connectivity index (χ4n) is 3.03. The maximum atomic E-state index is 12.9. The van der Waals surface area contributed by atoms with Crippen LogP contribution < -0.4 is 4.90 Å². The molecule has 4 rings (SSSR count). The Bertz CT molecular complexity index is 906. The zero-order valence-electron chi connectivity index (χ0n) is 12.5. The van der Waals surface area contributed by atoms with Gasteiger partial charge in [-0.1, -0.05) is 0 Å². The molecule has 0 radical (unpaired) electrons. The first-order chi connectivity index (χ1) is 11.1. The van der Waals surface area contributed by atoms with E-state index < -0.39 is 0 Å². The zero-order chi connectivity index (χ0) is 16.0. The monoisotopic (exact) mass is 371 g/mol. The molecule has 23 heavy (non-hydrogen) atoms. The van der Waals surface area contributed by atoms with E-state index in [1.165, 1.54) is 0 Å². The van der Waals surface area contributed by atoms with E-state index in [9.17, 15) is 4.79 Å². The summed E-state index contributed by atoms with van der Waals surface area (Å²) in [7, 11) is 1.94. The lowest BCUT2D eigenvalue weighted by Crippen LogP contribution is -2.42. The highest BCUT2D eigenvalue weighted by Crippen LogP contribution is 2.29. The van der Waals surface area contributed by atoms with Crippen LogP contribution in [0.1, 0.15) is 22.6 Å². The van der Waals surface area contributed by atoms with Crippen LogP contribution in [-0.2, 0) is 6.42 Å². The van der Waals surface area contributed by atoms with Gasteiger partial charge in [-0.25, -0.2) is 9.50 Å². The topological polar surface area (TPSA) is 63.4 Å². The molecule has 0 aliphatic carbocycles. The predicted molar refractivity (Wildman–Crippen MR) is 89.8 cm³/mol. The van der Waals surface area contributed by atoms with Gasteiger partial charge in [0.25, 0.3) is 0 Å². The van der Waals surface area contributed by atoms with Crippen LogP contribution in [0.2, 0.25) is 0 Å². The van der Waals surface area contributed by atoms with Crippen LogP contribution in [-0.4, -0.2) is 38.5 Å². The first kappa shape index (κ1) is 14.3. The molecule has 0 amide bonds. The number of aryl methyl sites for hydroxylation is 1. The minimum Gasteiger partial charge on any atom is -0.363 e. The average molecular weight is 372 g/mol. The van der Waals surface area contributed by atoms with Crippen LogP contribution in [0.3, 0.4) is 0 Å². The number of ketones is 1. The predicted octanol–water partition coefficient (Wildman–Crippen LogP) is 2.52. The second-order valence-corrected chi connectivity index (χ2v) is 6.52. The molecule has 0 saturated carbocycles. The van der Waals surface area contributed by atoms with Crippen molar-refractivity contribution in [3.8, 4) is 0 Å². The van der Waals surface area contributed by atoms with Gasteiger partial charge in [-0.05, 0) is 40.9 Å². The molecule has 0 saturated heterocycles. The van der Waals surface area contributed by atoms with E-state index in [1.54, 1.807) is 29.2 Å². The van der Waals surface area contributed by atoms with E-state index in [4.69, 9.17) is 0 Å². The molecule has 6 nitrogen and oxygen atoms in total. The van der Waals surface area contributed by atoms with E-state index in [0.717, 1.165) is 28.7 Å². The van der Waals surface area contributed by atoms with Crippen molar-refractivity contribution in [3.63, 3.8) is 0 Å². The Morgan fingerprint density at radius 1 is 1.39 bits per heavy atom. The molecular formula is C16H14BrN5O. The highest BCUT2D eigenvalue weighted by molar-refractivity contribution is 9.10. The Morgan fingerprint density at radius 2 is 2.26 bits per heavy atom. The van der Waals surface area contributed by atoms with Gasteiger partial charge < -0.3 is 4.90 Å². The molecule has 3 aromatic heterocycles. The number of carbonyl (C=O) groups excluding carboxylic acids is 1. The molecule has 1 aliphatic heterocycles. The maximum absolute atomic E-state index is 12.9. The van der Waals surface area contributed by atoms with Gasteiger partial charge in [0.1, 0.15) is 5.69 Å². The summed E-state index contributed by atoms with van der Waals surface area (Å²) in [6, 6.07) is 5.42. The van der Waals surface area contributed by atoms with Crippen LogP contribution in [0.15, 0.2) is 41.3 Å². The second kappa shape index (κ2) is 5.42. The maximum Gasteiger partial charge on any atom is 0.205 e. The minimum absolute atomic E-state index is 0.0172. The quantitative estimate of drug-likeness (QED) is 0.647. The summed E-state index contributed by atoms with van der Waals surface area (Å²) in [5.41, 5.74) is 3.17. The number of pyridine rings is 1. The third kappa shape index (κ3) is 2.41. The van der Waals surface area contributed by atoms with Crippen molar-refractivity contribution < 1.29 is 4.79 Å². The molecule has 3 aromatic rings. The summed E-state index contributed by atoms with van der Waals surface area (Å²) in [6.45, 7) is 0. The number of nitrogens with zero attached hydrogens (tertiary/aromatic N) is 5. The summed E-state index contributed by atoms with van der Waals surface area (Å²) in [6.07, 6.45) is 6.82. The van der Waals surface area contributed by atoms with Gasteiger partial charge in [-0.15, -0.1) is 0 Å². The number of halogens is 1. The Morgan fingerprint density at radius 3 is 3.13 bits per heavy atom. The van der Waals surface area contributed by atoms with Gasteiger partial charge in [0, 0.05) is 31.7 Å². The summed E-state index contributed by atoms with van der Waals surface area (Å²) in [4.78, 5) is 23.6. The van der Waals surface area contributed by atoms with Crippen LogP contribution in [0.4, 0.5) is 5.69 Å². The number of fused-ring (bicyclic) bond motifs is 2. The molecule has 0 bridgehead atoms. The first-order valence-electron chi connectivity index (χ1n) is 7.35. The van der Waals surface area contributed by atoms with Gasteiger partial charge >= 0.3 is 0 Å². The van der Waals surface area contributed by atoms with Crippen molar-refractivity contribution in [2.24, 2.45) is 0 Å². The Hall–Kier alpha value is -2.28.